The van der Waals surface area contributed by atoms with E-state index in [2.05, 4.69) is 4.72 Å². The predicted octanol–water partition coefficient (Wildman–Crippen LogP) is 4.65. The van der Waals surface area contributed by atoms with Crippen molar-refractivity contribution in [3.63, 3.8) is 0 Å². The highest BCUT2D eigenvalue weighted by Crippen LogP contribution is 2.37. The first-order chi connectivity index (χ1) is 9.81. The molecule has 0 radical (unpaired) electrons. The zero-order valence-electron chi connectivity index (χ0n) is 12.2. The monoisotopic (exact) mass is 306 g/mol. The SMILES string of the molecule is Cc1cccc(C(C)C)c1[N-]S(=O)(=O)c1ccc(F)cc1. The van der Waals surface area contributed by atoms with Crippen LogP contribution in [0.5, 0.6) is 0 Å². The summed E-state index contributed by atoms with van der Waals surface area (Å²) >= 11 is 0. The summed E-state index contributed by atoms with van der Waals surface area (Å²) in [4.78, 5) is -0.0122. The molecular weight excluding hydrogens is 289 g/mol. The fraction of sp³-hybridized carbons (Fsp3) is 0.250. The number of aryl methyl sites for hydroxylation is 1. The van der Waals surface area contributed by atoms with Gasteiger partial charge in [0.25, 0.3) is 0 Å². The van der Waals surface area contributed by atoms with E-state index in [0.717, 1.165) is 23.3 Å². The van der Waals surface area contributed by atoms with Crippen molar-refractivity contribution in [2.45, 2.75) is 31.6 Å². The fourth-order valence-electron chi connectivity index (χ4n) is 2.05. The lowest BCUT2D eigenvalue weighted by atomic mass is 9.99. The summed E-state index contributed by atoms with van der Waals surface area (Å²) in [6.45, 7) is 5.79. The maximum Gasteiger partial charge on any atom is 0.123 e. The normalized spacial score (nSPS) is 11.7. The molecule has 0 N–H and O–H groups in total. The van der Waals surface area contributed by atoms with Gasteiger partial charge in [-0.2, -0.15) is 0 Å². The number of nitrogens with zero attached hydrogens (tertiary/aromatic N) is 1. The van der Waals surface area contributed by atoms with Gasteiger partial charge < -0.3 is 4.72 Å². The molecule has 0 bridgehead atoms. The average Bonchev–Trinajstić information content (AvgIpc) is 2.41. The Labute approximate surface area is 124 Å². The molecule has 0 saturated heterocycles. The van der Waals surface area contributed by atoms with Crippen molar-refractivity contribution in [1.29, 1.82) is 0 Å². The molecule has 2 aromatic carbocycles. The lowest BCUT2D eigenvalue weighted by Crippen LogP contribution is -2.01. The minimum Gasteiger partial charge on any atom is -0.572 e. The van der Waals surface area contributed by atoms with Gasteiger partial charge in [0.2, 0.25) is 0 Å². The van der Waals surface area contributed by atoms with Crippen molar-refractivity contribution in [2.24, 2.45) is 0 Å². The summed E-state index contributed by atoms with van der Waals surface area (Å²) in [6.07, 6.45) is 0. The molecule has 21 heavy (non-hydrogen) atoms. The molecule has 112 valence electrons. The van der Waals surface area contributed by atoms with Crippen LogP contribution >= 0.6 is 0 Å². The number of hydrogen-bond acceptors (Lipinski definition) is 2. The summed E-state index contributed by atoms with van der Waals surface area (Å²) in [5.41, 5.74) is 2.14. The van der Waals surface area contributed by atoms with Crippen LogP contribution in [0.15, 0.2) is 47.4 Å². The fourth-order valence-corrected chi connectivity index (χ4v) is 3.13. The van der Waals surface area contributed by atoms with Crippen LogP contribution in [0.3, 0.4) is 0 Å². The third-order valence-corrected chi connectivity index (χ3v) is 4.50. The number of halogens is 1. The summed E-state index contributed by atoms with van der Waals surface area (Å²) < 4.78 is 41.6. The minimum absolute atomic E-state index is 0.0122. The summed E-state index contributed by atoms with van der Waals surface area (Å²) in [6, 6.07) is 10.3. The molecule has 3 nitrogen and oxygen atoms in total. The van der Waals surface area contributed by atoms with Gasteiger partial charge in [0, 0.05) is 0 Å². The molecule has 0 aliphatic heterocycles. The summed E-state index contributed by atoms with van der Waals surface area (Å²) in [7, 11) is -3.85. The molecule has 0 fully saturated rings. The molecule has 0 amide bonds. The second kappa shape index (κ2) is 5.85. The molecule has 0 aromatic heterocycles. The molecule has 2 rings (SSSR count). The molecular formula is C16H17FNO2S-. The highest BCUT2D eigenvalue weighted by atomic mass is 32.2. The molecule has 0 spiro atoms. The third kappa shape index (κ3) is 3.42. The van der Waals surface area contributed by atoms with Crippen LogP contribution in [-0.2, 0) is 10.0 Å². The third-order valence-electron chi connectivity index (χ3n) is 3.21. The first kappa shape index (κ1) is 15.5. The van der Waals surface area contributed by atoms with E-state index in [1.54, 1.807) is 0 Å². The lowest BCUT2D eigenvalue weighted by molar-refractivity contribution is 0.601. The molecule has 5 heteroatoms. The van der Waals surface area contributed by atoms with Crippen molar-refractivity contribution in [2.75, 3.05) is 0 Å². The predicted molar refractivity (Wildman–Crippen MR) is 81.9 cm³/mol. The first-order valence-electron chi connectivity index (χ1n) is 6.64. The largest absolute Gasteiger partial charge is 0.572 e. The van der Waals surface area contributed by atoms with Gasteiger partial charge in [-0.15, -0.1) is 5.69 Å². The Morgan fingerprint density at radius 2 is 1.67 bits per heavy atom. The Balaban J connectivity index is 2.44. The van der Waals surface area contributed by atoms with Crippen LogP contribution < -0.4 is 0 Å². The van der Waals surface area contributed by atoms with Crippen LogP contribution in [0.1, 0.15) is 30.9 Å². The van der Waals surface area contributed by atoms with Gasteiger partial charge in [0.15, 0.2) is 0 Å². The molecule has 2 aromatic rings. The molecule has 0 heterocycles. The van der Waals surface area contributed by atoms with Crippen molar-refractivity contribution >= 4 is 15.7 Å². The van der Waals surface area contributed by atoms with Crippen LogP contribution in [-0.4, -0.2) is 8.42 Å². The van der Waals surface area contributed by atoms with Gasteiger partial charge in [-0.25, -0.2) is 12.8 Å². The number of rotatable bonds is 4. The second-order valence-corrected chi connectivity index (χ2v) is 6.79. The highest BCUT2D eigenvalue weighted by Gasteiger charge is 2.09. The van der Waals surface area contributed by atoms with E-state index in [1.807, 2.05) is 39.0 Å². The average molecular weight is 306 g/mol. The number of hydrogen-bond donors (Lipinski definition) is 0. The molecule has 0 saturated carbocycles. The van der Waals surface area contributed by atoms with E-state index in [4.69, 9.17) is 0 Å². The van der Waals surface area contributed by atoms with E-state index in [9.17, 15) is 12.8 Å². The maximum absolute atomic E-state index is 12.9. The summed E-state index contributed by atoms with van der Waals surface area (Å²) in [5, 5.41) is 0. The Kier molecular flexibility index (Phi) is 4.32. The standard InChI is InChI=1S/C16H17FNO2S/c1-11(2)15-6-4-5-12(3)16(15)18-21(19,20)14-9-7-13(17)8-10-14/h4-11H,1-3H3/q-1. The van der Waals surface area contributed by atoms with E-state index < -0.39 is 15.8 Å². The van der Waals surface area contributed by atoms with Crippen molar-refractivity contribution in [3.8, 4) is 0 Å². The van der Waals surface area contributed by atoms with Gasteiger partial charge in [-0.3, -0.25) is 0 Å². The Morgan fingerprint density at radius 3 is 2.24 bits per heavy atom. The van der Waals surface area contributed by atoms with Crippen molar-refractivity contribution in [1.82, 2.24) is 0 Å². The highest BCUT2D eigenvalue weighted by molar-refractivity contribution is 7.94. The van der Waals surface area contributed by atoms with E-state index in [0.29, 0.717) is 5.69 Å². The van der Waals surface area contributed by atoms with Crippen LogP contribution in [0, 0.1) is 12.7 Å². The topological polar surface area (TPSA) is 48.2 Å². The van der Waals surface area contributed by atoms with Gasteiger partial charge in [-0.1, -0.05) is 43.2 Å². The lowest BCUT2D eigenvalue weighted by Gasteiger charge is -2.28. The Hall–Kier alpha value is -1.88. The van der Waals surface area contributed by atoms with E-state index in [-0.39, 0.29) is 10.8 Å². The first-order valence-corrected chi connectivity index (χ1v) is 8.08. The molecule has 0 aliphatic carbocycles. The van der Waals surface area contributed by atoms with E-state index >= 15 is 0 Å². The molecule has 0 atom stereocenters. The second-order valence-electron chi connectivity index (χ2n) is 5.19. The van der Waals surface area contributed by atoms with Crippen LogP contribution in [0.25, 0.3) is 4.72 Å². The van der Waals surface area contributed by atoms with Gasteiger partial charge in [0.05, 0.1) is 4.90 Å². The molecule has 0 unspecified atom stereocenters. The van der Waals surface area contributed by atoms with E-state index in [1.165, 1.54) is 12.1 Å². The minimum atomic E-state index is -3.85. The summed E-state index contributed by atoms with van der Waals surface area (Å²) in [5.74, 6) is -0.320. The number of benzene rings is 2. The zero-order chi connectivity index (χ0) is 15.6. The van der Waals surface area contributed by atoms with Gasteiger partial charge in [0.1, 0.15) is 15.8 Å². The van der Waals surface area contributed by atoms with Crippen molar-refractivity contribution in [3.05, 3.63) is 64.1 Å². The van der Waals surface area contributed by atoms with Gasteiger partial charge >= 0.3 is 0 Å². The van der Waals surface area contributed by atoms with Crippen molar-refractivity contribution < 1.29 is 12.8 Å². The van der Waals surface area contributed by atoms with Crippen LogP contribution in [0.4, 0.5) is 10.1 Å². The quantitative estimate of drug-likeness (QED) is 0.825. The van der Waals surface area contributed by atoms with Gasteiger partial charge in [-0.05, 0) is 37.1 Å². The zero-order valence-corrected chi connectivity index (χ0v) is 13.0. The molecule has 0 aliphatic rings. The maximum atomic E-state index is 12.9. The smallest absolute Gasteiger partial charge is 0.123 e. The Bertz CT molecular complexity index is 737. The van der Waals surface area contributed by atoms with Crippen LogP contribution in [0.2, 0.25) is 0 Å². The Morgan fingerprint density at radius 1 is 1.05 bits per heavy atom. The number of sulfonamides is 1.